The molecule has 4 nitrogen and oxygen atoms in total. The van der Waals surface area contributed by atoms with Crippen molar-refractivity contribution in [2.24, 2.45) is 0 Å². The summed E-state index contributed by atoms with van der Waals surface area (Å²) in [7, 11) is 0. The van der Waals surface area contributed by atoms with E-state index in [1.165, 1.54) is 6.07 Å². The van der Waals surface area contributed by atoms with Gasteiger partial charge in [-0.3, -0.25) is 0 Å². The van der Waals surface area contributed by atoms with E-state index in [0.717, 1.165) is 0 Å². The van der Waals surface area contributed by atoms with Crippen LogP contribution in [0.3, 0.4) is 0 Å². The van der Waals surface area contributed by atoms with Gasteiger partial charge in [0.1, 0.15) is 5.82 Å². The Morgan fingerprint density at radius 1 is 1.61 bits per heavy atom. The lowest BCUT2D eigenvalue weighted by Gasteiger charge is -2.33. The number of nitriles is 1. The number of ether oxygens (including phenoxy) is 1. The molecule has 0 amide bonds. The van der Waals surface area contributed by atoms with Gasteiger partial charge in [-0.05, 0) is 13.0 Å². The molecule has 1 saturated heterocycles. The van der Waals surface area contributed by atoms with E-state index in [9.17, 15) is 9.50 Å². The number of aliphatic hydroxyl groups is 1. The number of anilines is 1. The molecule has 0 spiro atoms. The quantitative estimate of drug-likeness (QED) is 0.866. The molecule has 2 rings (SSSR count). The number of rotatable bonds is 2. The van der Waals surface area contributed by atoms with Crippen molar-refractivity contribution >= 4 is 5.69 Å². The van der Waals surface area contributed by atoms with Gasteiger partial charge in [-0.1, -0.05) is 12.1 Å². The molecular weight excluding hydrogens is 235 g/mol. The first-order valence-electron chi connectivity index (χ1n) is 5.86. The van der Waals surface area contributed by atoms with Gasteiger partial charge in [0.25, 0.3) is 0 Å². The molecule has 0 saturated carbocycles. The zero-order valence-corrected chi connectivity index (χ0v) is 10.1. The Balaban J connectivity index is 2.35. The van der Waals surface area contributed by atoms with Crippen LogP contribution >= 0.6 is 0 Å². The van der Waals surface area contributed by atoms with Crippen LogP contribution in [-0.4, -0.2) is 30.9 Å². The molecule has 0 radical (unpaired) electrons. The van der Waals surface area contributed by atoms with Crippen molar-refractivity contribution in [3.05, 3.63) is 29.6 Å². The van der Waals surface area contributed by atoms with Crippen molar-refractivity contribution in [3.63, 3.8) is 0 Å². The summed E-state index contributed by atoms with van der Waals surface area (Å²) in [4.78, 5) is 1.76. The highest BCUT2D eigenvalue weighted by Gasteiger charge is 2.25. The summed E-state index contributed by atoms with van der Waals surface area (Å²) < 4.78 is 19.2. The van der Waals surface area contributed by atoms with Crippen molar-refractivity contribution in [2.45, 2.75) is 19.1 Å². The van der Waals surface area contributed by atoms with Gasteiger partial charge in [0.05, 0.1) is 31.0 Å². The molecule has 0 bridgehead atoms. The minimum Gasteiger partial charge on any atom is -0.389 e. The fraction of sp³-hybridized carbons (Fsp3) is 0.462. The van der Waals surface area contributed by atoms with Gasteiger partial charge in [-0.2, -0.15) is 5.26 Å². The van der Waals surface area contributed by atoms with E-state index < -0.39 is 12.2 Å². The Morgan fingerprint density at radius 2 is 2.39 bits per heavy atom. The smallest absolute Gasteiger partial charge is 0.161 e. The molecule has 1 aromatic carbocycles. The average Bonchev–Trinajstić information content (AvgIpc) is 2.38. The second-order valence-electron chi connectivity index (χ2n) is 4.29. The van der Waals surface area contributed by atoms with Crippen LogP contribution in [0.25, 0.3) is 0 Å². The van der Waals surface area contributed by atoms with Crippen molar-refractivity contribution in [1.82, 2.24) is 0 Å². The third kappa shape index (κ3) is 2.45. The van der Waals surface area contributed by atoms with Crippen molar-refractivity contribution < 1.29 is 14.2 Å². The first-order chi connectivity index (χ1) is 8.63. The van der Waals surface area contributed by atoms with E-state index in [2.05, 4.69) is 0 Å². The maximum absolute atomic E-state index is 13.9. The van der Waals surface area contributed by atoms with Gasteiger partial charge < -0.3 is 14.7 Å². The summed E-state index contributed by atoms with van der Waals surface area (Å²) in [5.74, 6) is -0.382. The summed E-state index contributed by atoms with van der Waals surface area (Å²) in [6.07, 6.45) is -1.31. The number of morpholine rings is 1. The maximum atomic E-state index is 13.9. The fourth-order valence-electron chi connectivity index (χ4n) is 2.13. The van der Waals surface area contributed by atoms with Crippen LogP contribution in [0.1, 0.15) is 18.6 Å². The van der Waals surface area contributed by atoms with E-state index in [-0.39, 0.29) is 5.82 Å². The van der Waals surface area contributed by atoms with E-state index in [1.54, 1.807) is 24.0 Å². The lowest BCUT2D eigenvalue weighted by atomic mass is 10.1. The number of hydrogen-bond acceptors (Lipinski definition) is 4. The Hall–Kier alpha value is -1.64. The van der Waals surface area contributed by atoms with Gasteiger partial charge in [0, 0.05) is 12.1 Å². The van der Waals surface area contributed by atoms with E-state index in [1.807, 2.05) is 6.07 Å². The first-order valence-corrected chi connectivity index (χ1v) is 5.86. The number of aliphatic hydroxyl groups excluding tert-OH is 1. The fourth-order valence-corrected chi connectivity index (χ4v) is 2.13. The summed E-state index contributed by atoms with van der Waals surface area (Å²) in [5.41, 5.74) is 0.907. The Morgan fingerprint density at radius 3 is 3.06 bits per heavy atom. The Kier molecular flexibility index (Phi) is 3.80. The maximum Gasteiger partial charge on any atom is 0.161 e. The van der Waals surface area contributed by atoms with Crippen molar-refractivity contribution in [2.75, 3.05) is 24.6 Å². The second-order valence-corrected chi connectivity index (χ2v) is 4.29. The zero-order valence-electron chi connectivity index (χ0n) is 10.1. The molecule has 1 unspecified atom stereocenters. The van der Waals surface area contributed by atoms with Gasteiger partial charge >= 0.3 is 0 Å². The highest BCUT2D eigenvalue weighted by Crippen LogP contribution is 2.30. The van der Waals surface area contributed by atoms with E-state index in [4.69, 9.17) is 10.00 Å². The Bertz CT molecular complexity index is 471. The SMILES string of the molecule is C[C@@H](O)c1cccc(F)c1N1CCOC(C#N)C1. The predicted octanol–water partition coefficient (Wildman–Crippen LogP) is 1.61. The van der Waals surface area contributed by atoms with Crippen LogP contribution in [0.2, 0.25) is 0 Å². The molecule has 5 heteroatoms. The molecule has 1 aliphatic heterocycles. The molecule has 96 valence electrons. The van der Waals surface area contributed by atoms with Gasteiger partial charge in [0.2, 0.25) is 0 Å². The van der Waals surface area contributed by atoms with Crippen LogP contribution < -0.4 is 4.90 Å². The Labute approximate surface area is 105 Å². The van der Waals surface area contributed by atoms with Crippen molar-refractivity contribution in [1.29, 1.82) is 5.26 Å². The molecule has 0 aliphatic carbocycles. The lowest BCUT2D eigenvalue weighted by molar-refractivity contribution is 0.0758. The van der Waals surface area contributed by atoms with Crippen LogP contribution in [0.15, 0.2) is 18.2 Å². The summed E-state index contributed by atoms with van der Waals surface area (Å²) >= 11 is 0. The molecule has 1 fully saturated rings. The topological polar surface area (TPSA) is 56.5 Å². The monoisotopic (exact) mass is 250 g/mol. The van der Waals surface area contributed by atoms with Gasteiger partial charge in [-0.15, -0.1) is 0 Å². The predicted molar refractivity (Wildman–Crippen MR) is 64.6 cm³/mol. The van der Waals surface area contributed by atoms with Crippen LogP contribution in [0.4, 0.5) is 10.1 Å². The molecule has 2 atom stereocenters. The molecule has 1 aromatic rings. The zero-order chi connectivity index (χ0) is 13.1. The van der Waals surface area contributed by atoms with Gasteiger partial charge in [-0.25, -0.2) is 4.39 Å². The van der Waals surface area contributed by atoms with Gasteiger partial charge in [0.15, 0.2) is 6.10 Å². The summed E-state index contributed by atoms with van der Waals surface area (Å²) in [5, 5.41) is 18.6. The minimum atomic E-state index is -0.751. The van der Waals surface area contributed by atoms with Crippen molar-refractivity contribution in [3.8, 4) is 6.07 Å². The summed E-state index contributed by atoms with van der Waals surface area (Å²) in [6.45, 7) is 2.81. The minimum absolute atomic E-state index is 0.317. The highest BCUT2D eigenvalue weighted by atomic mass is 19.1. The molecular formula is C13H15FN2O2. The molecule has 1 aliphatic rings. The van der Waals surface area contributed by atoms with Crippen LogP contribution in [0.5, 0.6) is 0 Å². The summed E-state index contributed by atoms with van der Waals surface area (Å²) in [6, 6.07) is 6.65. The molecule has 0 aromatic heterocycles. The third-order valence-electron chi connectivity index (χ3n) is 2.99. The second kappa shape index (κ2) is 5.34. The van der Waals surface area contributed by atoms with E-state index in [0.29, 0.717) is 30.9 Å². The largest absolute Gasteiger partial charge is 0.389 e. The molecule has 1 N–H and O–H groups in total. The molecule has 18 heavy (non-hydrogen) atoms. The average molecular weight is 250 g/mol. The lowest BCUT2D eigenvalue weighted by Crippen LogP contribution is -2.42. The number of halogens is 1. The number of benzene rings is 1. The standard InChI is InChI=1S/C13H15FN2O2/c1-9(17)11-3-2-4-12(14)13(11)16-5-6-18-10(7-15)8-16/h2-4,9-10,17H,5-6,8H2,1H3/t9-,10?/m1/s1. The number of hydrogen-bond donors (Lipinski definition) is 1. The normalized spacial score (nSPS) is 21.4. The number of nitrogens with zero attached hydrogens (tertiary/aromatic N) is 2. The number of para-hydroxylation sites is 1. The highest BCUT2D eigenvalue weighted by molar-refractivity contribution is 5.56. The first kappa shape index (κ1) is 12.8. The van der Waals surface area contributed by atoms with Crippen LogP contribution in [-0.2, 0) is 4.74 Å². The van der Waals surface area contributed by atoms with Crippen LogP contribution in [0, 0.1) is 17.1 Å². The third-order valence-corrected chi connectivity index (χ3v) is 2.99. The van der Waals surface area contributed by atoms with E-state index >= 15 is 0 Å². The molecule has 1 heterocycles.